The molecule has 2 aromatic rings. The molecule has 15 heavy (non-hydrogen) atoms. The fourth-order valence-electron chi connectivity index (χ4n) is 1.43. The molecule has 0 amide bonds. The third-order valence-corrected chi connectivity index (χ3v) is 2.22. The first kappa shape index (κ1) is 9.64. The smallest absolute Gasteiger partial charge is 0.160 e. The Bertz CT molecular complexity index is 474. The van der Waals surface area contributed by atoms with Crippen molar-refractivity contribution in [3.05, 3.63) is 24.3 Å². The molecule has 0 saturated heterocycles. The predicted molar refractivity (Wildman–Crippen MR) is 58.0 cm³/mol. The molecule has 0 aliphatic heterocycles. The van der Waals surface area contributed by atoms with E-state index in [0.717, 1.165) is 23.6 Å². The highest BCUT2D eigenvalue weighted by Crippen LogP contribution is 2.22. The van der Waals surface area contributed by atoms with Gasteiger partial charge in [0, 0.05) is 25.2 Å². The third kappa shape index (κ3) is 1.68. The Morgan fingerprint density at radius 1 is 1.47 bits per heavy atom. The Kier molecular flexibility index (Phi) is 2.37. The average Bonchev–Trinajstić information content (AvgIpc) is 2.60. The molecular formula is C10H13N5. The van der Waals surface area contributed by atoms with Gasteiger partial charge in [-0.3, -0.25) is 4.98 Å². The maximum Gasteiger partial charge on any atom is 0.160 e. The number of aromatic nitrogens is 4. The first-order chi connectivity index (χ1) is 7.22. The van der Waals surface area contributed by atoms with E-state index in [1.54, 1.807) is 17.1 Å². The molecule has 78 valence electrons. The fraction of sp³-hybridized carbons (Fsp3) is 0.300. The second kappa shape index (κ2) is 3.68. The van der Waals surface area contributed by atoms with Gasteiger partial charge in [-0.1, -0.05) is 6.92 Å². The summed E-state index contributed by atoms with van der Waals surface area (Å²) in [7, 11) is 1.86. The van der Waals surface area contributed by atoms with E-state index in [-0.39, 0.29) is 0 Å². The van der Waals surface area contributed by atoms with Crippen LogP contribution in [0.25, 0.3) is 11.4 Å². The molecule has 5 heteroatoms. The topological polar surface area (TPSA) is 69.6 Å². The van der Waals surface area contributed by atoms with Crippen LogP contribution in [-0.4, -0.2) is 19.7 Å². The number of rotatable bonds is 2. The molecule has 0 saturated carbocycles. The van der Waals surface area contributed by atoms with Crippen molar-refractivity contribution in [3.8, 4) is 11.4 Å². The minimum Gasteiger partial charge on any atom is -0.397 e. The van der Waals surface area contributed by atoms with E-state index in [0.29, 0.717) is 5.69 Å². The van der Waals surface area contributed by atoms with Crippen LogP contribution in [0, 0.1) is 0 Å². The number of pyridine rings is 1. The summed E-state index contributed by atoms with van der Waals surface area (Å²) in [5, 5.41) is 4.28. The SMILES string of the molecule is CCc1nc(-c2ccncc2N)n(C)n1. The lowest BCUT2D eigenvalue weighted by molar-refractivity contribution is 0.753. The van der Waals surface area contributed by atoms with Gasteiger partial charge in [-0.25, -0.2) is 9.67 Å². The van der Waals surface area contributed by atoms with Crippen molar-refractivity contribution >= 4 is 5.69 Å². The van der Waals surface area contributed by atoms with Gasteiger partial charge in [-0.05, 0) is 6.07 Å². The molecule has 0 bridgehead atoms. The van der Waals surface area contributed by atoms with E-state index in [1.165, 1.54) is 0 Å². The highest BCUT2D eigenvalue weighted by atomic mass is 15.3. The van der Waals surface area contributed by atoms with Crippen molar-refractivity contribution in [2.75, 3.05) is 5.73 Å². The van der Waals surface area contributed by atoms with Crippen molar-refractivity contribution in [2.45, 2.75) is 13.3 Å². The van der Waals surface area contributed by atoms with Gasteiger partial charge in [-0.2, -0.15) is 5.10 Å². The largest absolute Gasteiger partial charge is 0.397 e. The van der Waals surface area contributed by atoms with Crippen molar-refractivity contribution in [1.29, 1.82) is 0 Å². The Labute approximate surface area is 88.0 Å². The Hall–Kier alpha value is -1.91. The zero-order valence-corrected chi connectivity index (χ0v) is 8.81. The van der Waals surface area contributed by atoms with Crippen LogP contribution in [0.1, 0.15) is 12.7 Å². The molecule has 0 aliphatic carbocycles. The summed E-state index contributed by atoms with van der Waals surface area (Å²) in [6, 6.07) is 1.85. The molecule has 0 unspecified atom stereocenters. The summed E-state index contributed by atoms with van der Waals surface area (Å²) in [5.41, 5.74) is 7.32. The molecular weight excluding hydrogens is 190 g/mol. The van der Waals surface area contributed by atoms with E-state index in [1.807, 2.05) is 20.0 Å². The van der Waals surface area contributed by atoms with Gasteiger partial charge in [0.15, 0.2) is 11.6 Å². The Morgan fingerprint density at radius 3 is 2.87 bits per heavy atom. The van der Waals surface area contributed by atoms with Gasteiger partial charge in [0.05, 0.1) is 11.9 Å². The molecule has 0 spiro atoms. The third-order valence-electron chi connectivity index (χ3n) is 2.22. The second-order valence-corrected chi connectivity index (χ2v) is 3.29. The maximum absolute atomic E-state index is 5.83. The molecule has 2 rings (SSSR count). The monoisotopic (exact) mass is 203 g/mol. The predicted octanol–water partition coefficient (Wildman–Crippen LogP) is 1.02. The van der Waals surface area contributed by atoms with E-state index in [9.17, 15) is 0 Å². The summed E-state index contributed by atoms with van der Waals surface area (Å²) in [6.07, 6.45) is 4.14. The van der Waals surface area contributed by atoms with Gasteiger partial charge in [0.2, 0.25) is 0 Å². The summed E-state index contributed by atoms with van der Waals surface area (Å²) < 4.78 is 1.74. The van der Waals surface area contributed by atoms with Crippen LogP contribution in [0.3, 0.4) is 0 Å². The summed E-state index contributed by atoms with van der Waals surface area (Å²) in [4.78, 5) is 8.35. The molecule has 0 atom stereocenters. The number of nitrogens with zero attached hydrogens (tertiary/aromatic N) is 4. The average molecular weight is 203 g/mol. The highest BCUT2D eigenvalue weighted by Gasteiger charge is 2.10. The Balaban J connectivity index is 2.54. The van der Waals surface area contributed by atoms with Crippen molar-refractivity contribution in [3.63, 3.8) is 0 Å². The number of hydrogen-bond acceptors (Lipinski definition) is 4. The van der Waals surface area contributed by atoms with Crippen molar-refractivity contribution < 1.29 is 0 Å². The summed E-state index contributed by atoms with van der Waals surface area (Å²) in [5.74, 6) is 1.61. The van der Waals surface area contributed by atoms with Gasteiger partial charge >= 0.3 is 0 Å². The fourth-order valence-corrected chi connectivity index (χ4v) is 1.43. The van der Waals surface area contributed by atoms with Crippen LogP contribution < -0.4 is 5.73 Å². The normalized spacial score (nSPS) is 10.5. The van der Waals surface area contributed by atoms with Crippen molar-refractivity contribution in [2.24, 2.45) is 7.05 Å². The first-order valence-electron chi connectivity index (χ1n) is 4.82. The van der Waals surface area contributed by atoms with E-state index >= 15 is 0 Å². The van der Waals surface area contributed by atoms with Crippen LogP contribution in [0.4, 0.5) is 5.69 Å². The minimum absolute atomic E-state index is 0.621. The summed E-state index contributed by atoms with van der Waals surface area (Å²) in [6.45, 7) is 2.02. The standard InChI is InChI=1S/C10H13N5/c1-3-9-13-10(15(2)14-9)7-4-5-12-6-8(7)11/h4-6H,3,11H2,1-2H3. The van der Waals surface area contributed by atoms with Crippen molar-refractivity contribution in [1.82, 2.24) is 19.7 Å². The lowest BCUT2D eigenvalue weighted by Crippen LogP contribution is -1.98. The number of hydrogen-bond donors (Lipinski definition) is 1. The number of aryl methyl sites for hydroxylation is 2. The van der Waals surface area contributed by atoms with E-state index < -0.39 is 0 Å². The van der Waals surface area contributed by atoms with Crippen LogP contribution in [0.5, 0.6) is 0 Å². The first-order valence-corrected chi connectivity index (χ1v) is 4.82. The molecule has 0 fully saturated rings. The van der Waals surface area contributed by atoms with Gasteiger partial charge in [0.25, 0.3) is 0 Å². The number of nitrogen functional groups attached to an aromatic ring is 1. The Morgan fingerprint density at radius 2 is 2.27 bits per heavy atom. The molecule has 0 aliphatic rings. The van der Waals surface area contributed by atoms with Crippen LogP contribution >= 0.6 is 0 Å². The zero-order chi connectivity index (χ0) is 10.8. The van der Waals surface area contributed by atoms with Gasteiger partial charge in [0.1, 0.15) is 0 Å². The molecule has 5 nitrogen and oxygen atoms in total. The lowest BCUT2D eigenvalue weighted by atomic mass is 10.2. The highest BCUT2D eigenvalue weighted by molar-refractivity contribution is 5.70. The van der Waals surface area contributed by atoms with Gasteiger partial charge in [-0.15, -0.1) is 0 Å². The number of nitrogens with two attached hydrogens (primary N) is 1. The van der Waals surface area contributed by atoms with Crippen LogP contribution in [0.2, 0.25) is 0 Å². The second-order valence-electron chi connectivity index (χ2n) is 3.29. The van der Waals surface area contributed by atoms with E-state index in [4.69, 9.17) is 5.73 Å². The van der Waals surface area contributed by atoms with Crippen LogP contribution in [-0.2, 0) is 13.5 Å². The zero-order valence-electron chi connectivity index (χ0n) is 8.81. The molecule has 2 heterocycles. The molecule has 0 aromatic carbocycles. The van der Waals surface area contributed by atoms with E-state index in [2.05, 4.69) is 15.1 Å². The van der Waals surface area contributed by atoms with Gasteiger partial charge < -0.3 is 5.73 Å². The molecule has 2 N–H and O–H groups in total. The lowest BCUT2D eigenvalue weighted by Gasteiger charge is -2.02. The molecule has 0 radical (unpaired) electrons. The minimum atomic E-state index is 0.621. The number of anilines is 1. The van der Waals surface area contributed by atoms with Crippen LogP contribution in [0.15, 0.2) is 18.5 Å². The summed E-state index contributed by atoms with van der Waals surface area (Å²) >= 11 is 0. The maximum atomic E-state index is 5.83. The molecule has 2 aromatic heterocycles. The quantitative estimate of drug-likeness (QED) is 0.791.